The number of aryl methyl sites for hydroxylation is 2. The minimum absolute atomic E-state index is 0.203. The van der Waals surface area contributed by atoms with Gasteiger partial charge in [-0.05, 0) is 44.2 Å². The Morgan fingerprint density at radius 3 is 2.56 bits per heavy atom. The van der Waals surface area contributed by atoms with Gasteiger partial charge >= 0.3 is 0 Å². The van der Waals surface area contributed by atoms with Gasteiger partial charge in [0.2, 0.25) is 0 Å². The molecule has 8 heteroatoms. The van der Waals surface area contributed by atoms with Gasteiger partial charge < -0.3 is 9.47 Å². The highest BCUT2D eigenvalue weighted by Crippen LogP contribution is 2.21. The van der Waals surface area contributed by atoms with Crippen LogP contribution in [0.2, 0.25) is 0 Å². The number of carbonyl (C=O) groups excluding carboxylic acids is 1. The maximum absolute atomic E-state index is 12.2. The van der Waals surface area contributed by atoms with Gasteiger partial charge in [0.25, 0.3) is 5.91 Å². The number of rotatable bonds is 6. The molecule has 1 amide bonds. The summed E-state index contributed by atoms with van der Waals surface area (Å²) in [6.07, 6.45) is 1.69. The Morgan fingerprint density at radius 2 is 1.92 bits per heavy atom. The fourth-order valence-corrected chi connectivity index (χ4v) is 2.86. The van der Waals surface area contributed by atoms with Crippen LogP contribution in [0.25, 0.3) is 0 Å². The number of aromatic nitrogens is 3. The van der Waals surface area contributed by atoms with E-state index in [2.05, 4.69) is 15.4 Å². The van der Waals surface area contributed by atoms with Crippen molar-refractivity contribution in [3.05, 3.63) is 52.8 Å². The topological polar surface area (TPSA) is 78.3 Å². The van der Waals surface area contributed by atoms with E-state index in [-0.39, 0.29) is 12.6 Å². The zero-order valence-electron chi connectivity index (χ0n) is 14.1. The van der Waals surface area contributed by atoms with Crippen molar-refractivity contribution in [3.63, 3.8) is 0 Å². The van der Waals surface area contributed by atoms with Crippen LogP contribution in [0.15, 0.2) is 36.5 Å². The molecule has 3 aromatic rings. The molecule has 7 nitrogen and oxygen atoms in total. The molecule has 3 rings (SSSR count). The molecule has 0 aliphatic rings. The highest BCUT2D eigenvalue weighted by atomic mass is 32.1. The Hall–Kier alpha value is -2.87. The first kappa shape index (κ1) is 17.0. The lowest BCUT2D eigenvalue weighted by Crippen LogP contribution is -2.14. The molecule has 130 valence electrons. The number of amides is 1. The average Bonchev–Trinajstić information content (AvgIpc) is 3.20. The average molecular weight is 358 g/mol. The quantitative estimate of drug-likeness (QED) is 0.732. The van der Waals surface area contributed by atoms with Crippen LogP contribution in [-0.2, 0) is 6.73 Å². The Balaban J connectivity index is 1.58. The van der Waals surface area contributed by atoms with E-state index in [0.29, 0.717) is 16.6 Å². The summed E-state index contributed by atoms with van der Waals surface area (Å²) in [4.78, 5) is 17.6. The van der Waals surface area contributed by atoms with Gasteiger partial charge in [0.05, 0.1) is 12.8 Å². The van der Waals surface area contributed by atoms with E-state index in [1.165, 1.54) is 11.3 Å². The van der Waals surface area contributed by atoms with Crippen molar-refractivity contribution in [2.24, 2.45) is 0 Å². The minimum Gasteiger partial charge on any atom is -0.497 e. The first-order valence-corrected chi connectivity index (χ1v) is 8.42. The zero-order chi connectivity index (χ0) is 17.8. The van der Waals surface area contributed by atoms with Gasteiger partial charge in [-0.1, -0.05) is 0 Å². The molecular formula is C17H18N4O3S. The summed E-state index contributed by atoms with van der Waals surface area (Å²) in [6, 6.07) is 8.89. The second kappa shape index (κ2) is 7.35. The zero-order valence-corrected chi connectivity index (χ0v) is 15.0. The lowest BCUT2D eigenvalue weighted by Gasteiger charge is -2.07. The number of benzene rings is 1. The number of carbonyl (C=O) groups is 1. The molecule has 25 heavy (non-hydrogen) atoms. The number of nitrogens with zero attached hydrogens (tertiary/aromatic N) is 3. The molecule has 0 spiro atoms. The number of anilines is 1. The molecule has 0 unspecified atom stereocenters. The van der Waals surface area contributed by atoms with Crippen LogP contribution >= 0.6 is 11.3 Å². The van der Waals surface area contributed by atoms with Crippen LogP contribution in [0.3, 0.4) is 0 Å². The summed E-state index contributed by atoms with van der Waals surface area (Å²) >= 11 is 1.44. The summed E-state index contributed by atoms with van der Waals surface area (Å²) in [5, 5.41) is 7.55. The molecule has 2 heterocycles. The van der Waals surface area contributed by atoms with Crippen molar-refractivity contribution in [1.29, 1.82) is 0 Å². The second-order valence-electron chi connectivity index (χ2n) is 5.30. The third-order valence-electron chi connectivity index (χ3n) is 3.55. The number of methoxy groups -OCH3 is 1. The van der Waals surface area contributed by atoms with Gasteiger partial charge in [0.15, 0.2) is 17.6 Å². The molecule has 0 radical (unpaired) electrons. The molecule has 0 atom stereocenters. The predicted molar refractivity (Wildman–Crippen MR) is 95.4 cm³/mol. The third-order valence-corrected chi connectivity index (χ3v) is 4.53. The third kappa shape index (κ3) is 4.16. The molecule has 2 aromatic heterocycles. The van der Waals surface area contributed by atoms with Crippen LogP contribution in [0.1, 0.15) is 21.1 Å². The van der Waals surface area contributed by atoms with Crippen LogP contribution in [0, 0.1) is 13.8 Å². The Morgan fingerprint density at radius 1 is 1.20 bits per heavy atom. The normalized spacial score (nSPS) is 10.5. The smallest absolute Gasteiger partial charge is 0.277 e. The minimum atomic E-state index is -0.294. The van der Waals surface area contributed by atoms with Crippen molar-refractivity contribution < 1.29 is 14.3 Å². The van der Waals surface area contributed by atoms with E-state index in [9.17, 15) is 4.79 Å². The van der Waals surface area contributed by atoms with Gasteiger partial charge in [0.1, 0.15) is 11.5 Å². The Bertz CT molecular complexity index is 851. The van der Waals surface area contributed by atoms with Crippen molar-refractivity contribution in [2.45, 2.75) is 20.6 Å². The van der Waals surface area contributed by atoms with E-state index in [0.717, 1.165) is 16.3 Å². The number of nitrogens with one attached hydrogen (secondary N) is 1. The first-order valence-electron chi connectivity index (χ1n) is 7.61. The van der Waals surface area contributed by atoms with E-state index in [4.69, 9.17) is 9.47 Å². The number of thiazole rings is 1. The van der Waals surface area contributed by atoms with E-state index < -0.39 is 0 Å². The van der Waals surface area contributed by atoms with Crippen molar-refractivity contribution in [2.75, 3.05) is 12.4 Å². The lowest BCUT2D eigenvalue weighted by atomic mass is 10.3. The number of hydrogen-bond acceptors (Lipinski definition) is 6. The lowest BCUT2D eigenvalue weighted by molar-refractivity contribution is 0.102. The second-order valence-corrected chi connectivity index (χ2v) is 6.51. The monoisotopic (exact) mass is 358 g/mol. The largest absolute Gasteiger partial charge is 0.497 e. The molecule has 0 saturated carbocycles. The fourth-order valence-electron chi connectivity index (χ4n) is 2.05. The van der Waals surface area contributed by atoms with Gasteiger partial charge in [-0.3, -0.25) is 10.1 Å². The molecular weight excluding hydrogens is 340 g/mol. The number of ether oxygens (including phenoxy) is 2. The van der Waals surface area contributed by atoms with Crippen LogP contribution in [0.4, 0.5) is 5.13 Å². The summed E-state index contributed by atoms with van der Waals surface area (Å²) in [5.74, 6) is 1.16. The summed E-state index contributed by atoms with van der Waals surface area (Å²) in [6.45, 7) is 4.08. The van der Waals surface area contributed by atoms with E-state index in [1.807, 2.05) is 38.1 Å². The van der Waals surface area contributed by atoms with Crippen molar-refractivity contribution in [3.8, 4) is 11.5 Å². The maximum Gasteiger partial charge on any atom is 0.277 e. The summed E-state index contributed by atoms with van der Waals surface area (Å²) < 4.78 is 12.3. The predicted octanol–water partition coefficient (Wildman–Crippen LogP) is 3.25. The summed E-state index contributed by atoms with van der Waals surface area (Å²) in [7, 11) is 1.61. The molecule has 1 N–H and O–H groups in total. The first-order chi connectivity index (χ1) is 12.0. The van der Waals surface area contributed by atoms with Gasteiger partial charge in [0, 0.05) is 11.1 Å². The molecule has 0 aliphatic heterocycles. The molecule has 0 fully saturated rings. The molecule has 0 bridgehead atoms. The molecule has 1 aromatic carbocycles. The van der Waals surface area contributed by atoms with E-state index in [1.54, 1.807) is 24.1 Å². The highest BCUT2D eigenvalue weighted by Gasteiger charge is 2.13. The van der Waals surface area contributed by atoms with Gasteiger partial charge in [-0.2, -0.15) is 5.10 Å². The fraction of sp³-hybridized carbons (Fsp3) is 0.235. The Labute approximate surface area is 149 Å². The van der Waals surface area contributed by atoms with Crippen molar-refractivity contribution >= 4 is 22.4 Å². The Kier molecular flexibility index (Phi) is 4.99. The summed E-state index contributed by atoms with van der Waals surface area (Å²) in [5.41, 5.74) is 1.22. The van der Waals surface area contributed by atoms with E-state index >= 15 is 0 Å². The molecule has 0 aliphatic carbocycles. The maximum atomic E-state index is 12.2. The van der Waals surface area contributed by atoms with Crippen molar-refractivity contribution in [1.82, 2.24) is 14.8 Å². The van der Waals surface area contributed by atoms with Gasteiger partial charge in [-0.25, -0.2) is 9.67 Å². The number of hydrogen-bond donors (Lipinski definition) is 1. The van der Waals surface area contributed by atoms with Crippen LogP contribution < -0.4 is 14.8 Å². The molecule has 0 saturated heterocycles. The standard InChI is InChI=1S/C17H18N4O3S/c1-11-12(2)25-17(18-11)19-16(22)15-8-9-21(20-15)10-24-14-6-4-13(23-3)5-7-14/h4-9H,10H2,1-3H3,(H,18,19,22). The highest BCUT2D eigenvalue weighted by molar-refractivity contribution is 7.15. The SMILES string of the molecule is COc1ccc(OCn2ccc(C(=O)Nc3nc(C)c(C)s3)n2)cc1. The van der Waals surface area contributed by atoms with Gasteiger partial charge in [-0.15, -0.1) is 11.3 Å². The van der Waals surface area contributed by atoms with Crippen LogP contribution in [-0.4, -0.2) is 27.8 Å². The van der Waals surface area contributed by atoms with Crippen LogP contribution in [0.5, 0.6) is 11.5 Å².